The van der Waals surface area contributed by atoms with Crippen molar-refractivity contribution >= 4 is 17.3 Å². The second kappa shape index (κ2) is 5.46. The summed E-state index contributed by atoms with van der Waals surface area (Å²) >= 11 is 5.98. The molecular weight excluding hydrogens is 312 g/mol. The summed E-state index contributed by atoms with van der Waals surface area (Å²) in [5.74, 6) is 1.60. The van der Waals surface area contributed by atoms with Crippen LogP contribution in [-0.4, -0.2) is 24.1 Å². The normalized spacial score (nSPS) is 22.0. The maximum atomic E-state index is 6.04. The molecule has 5 heteroatoms. The Labute approximate surface area is 140 Å². The smallest absolute Gasteiger partial charge is 0.185 e. The van der Waals surface area contributed by atoms with Gasteiger partial charge < -0.3 is 9.47 Å². The van der Waals surface area contributed by atoms with Crippen molar-refractivity contribution in [3.63, 3.8) is 0 Å². The van der Waals surface area contributed by atoms with E-state index in [0.29, 0.717) is 0 Å². The van der Waals surface area contributed by atoms with Gasteiger partial charge in [-0.2, -0.15) is 5.10 Å². The third-order valence-electron chi connectivity index (χ3n) is 4.37. The average Bonchev–Trinajstić information content (AvgIpc) is 3.01. The first-order valence-corrected chi connectivity index (χ1v) is 8.00. The summed E-state index contributed by atoms with van der Waals surface area (Å²) < 4.78 is 11.5. The molecule has 0 unspecified atom stereocenters. The van der Waals surface area contributed by atoms with Gasteiger partial charge in [0.25, 0.3) is 0 Å². The van der Waals surface area contributed by atoms with Crippen LogP contribution in [0.2, 0.25) is 5.02 Å². The van der Waals surface area contributed by atoms with Crippen LogP contribution < -0.4 is 9.47 Å². The van der Waals surface area contributed by atoms with Gasteiger partial charge in [0.2, 0.25) is 0 Å². The van der Waals surface area contributed by atoms with Crippen LogP contribution in [0.1, 0.15) is 30.5 Å². The van der Waals surface area contributed by atoms with Crippen LogP contribution in [0, 0.1) is 0 Å². The molecular formula is C18H17ClN2O2. The third kappa shape index (κ3) is 2.34. The second-order valence-electron chi connectivity index (χ2n) is 5.75. The molecule has 2 heterocycles. The number of hydrogen-bond acceptors (Lipinski definition) is 4. The van der Waals surface area contributed by atoms with Crippen molar-refractivity contribution < 1.29 is 9.47 Å². The summed E-state index contributed by atoms with van der Waals surface area (Å²) in [7, 11) is 1.67. The number of benzene rings is 2. The van der Waals surface area contributed by atoms with E-state index in [1.165, 1.54) is 0 Å². The highest BCUT2D eigenvalue weighted by Gasteiger charge is 2.39. The number of rotatable bonds is 2. The minimum absolute atomic E-state index is 0.131. The largest absolute Gasteiger partial charge is 0.493 e. The molecule has 4 nitrogen and oxygen atoms in total. The lowest BCUT2D eigenvalue weighted by Crippen LogP contribution is -2.38. The molecule has 0 amide bonds. The maximum Gasteiger partial charge on any atom is 0.185 e. The van der Waals surface area contributed by atoms with Gasteiger partial charge >= 0.3 is 0 Å². The van der Waals surface area contributed by atoms with E-state index in [1.807, 2.05) is 48.3 Å². The van der Waals surface area contributed by atoms with E-state index in [-0.39, 0.29) is 12.3 Å². The Kier molecular flexibility index (Phi) is 3.42. The minimum atomic E-state index is -0.131. The van der Waals surface area contributed by atoms with E-state index < -0.39 is 0 Å². The number of halogens is 1. The number of fused-ring (bicyclic) bond motifs is 3. The summed E-state index contributed by atoms with van der Waals surface area (Å²) in [5.41, 5.74) is 3.27. The summed E-state index contributed by atoms with van der Waals surface area (Å²) in [6.45, 7) is 2.01. The Morgan fingerprint density at radius 3 is 2.74 bits per heavy atom. The monoisotopic (exact) mass is 328 g/mol. The first-order chi connectivity index (χ1) is 11.2. The van der Waals surface area contributed by atoms with E-state index in [0.717, 1.165) is 39.8 Å². The van der Waals surface area contributed by atoms with Crippen LogP contribution in [0.3, 0.4) is 0 Å². The summed E-state index contributed by atoms with van der Waals surface area (Å²) in [6.07, 6.45) is 0.712. The van der Waals surface area contributed by atoms with Crippen LogP contribution in [0.4, 0.5) is 0 Å². The van der Waals surface area contributed by atoms with Gasteiger partial charge in [0.05, 0.1) is 18.9 Å². The molecule has 0 aromatic heterocycles. The molecule has 0 bridgehead atoms. The zero-order chi connectivity index (χ0) is 16.0. The summed E-state index contributed by atoms with van der Waals surface area (Å²) in [5, 5.41) is 7.55. The van der Waals surface area contributed by atoms with E-state index in [4.69, 9.17) is 26.2 Å². The quantitative estimate of drug-likeness (QED) is 0.827. The SMILES string of the molecule is COc1cccc2c1O[C@@H](C)N1N=C(c3ccc(Cl)cc3)C[C@@H]21. The van der Waals surface area contributed by atoms with Gasteiger partial charge in [-0.3, -0.25) is 5.01 Å². The first kappa shape index (κ1) is 14.4. The molecule has 0 aliphatic carbocycles. The molecule has 118 valence electrons. The third-order valence-corrected chi connectivity index (χ3v) is 4.62. The van der Waals surface area contributed by atoms with Crippen molar-refractivity contribution in [2.45, 2.75) is 25.6 Å². The number of methoxy groups -OCH3 is 1. The molecule has 0 saturated heterocycles. The molecule has 0 fully saturated rings. The minimum Gasteiger partial charge on any atom is -0.493 e. The Balaban J connectivity index is 1.72. The van der Waals surface area contributed by atoms with Crippen LogP contribution in [0.5, 0.6) is 11.5 Å². The Bertz CT molecular complexity index is 773. The Hall–Kier alpha value is -2.20. The molecule has 0 radical (unpaired) electrons. The fourth-order valence-corrected chi connectivity index (χ4v) is 3.36. The topological polar surface area (TPSA) is 34.1 Å². The van der Waals surface area contributed by atoms with Crippen molar-refractivity contribution in [2.75, 3.05) is 7.11 Å². The Morgan fingerprint density at radius 1 is 1.22 bits per heavy atom. The fourth-order valence-electron chi connectivity index (χ4n) is 3.24. The maximum absolute atomic E-state index is 6.04. The number of para-hydroxylation sites is 1. The average molecular weight is 329 g/mol. The van der Waals surface area contributed by atoms with Crippen LogP contribution in [-0.2, 0) is 0 Å². The number of hydrazone groups is 1. The lowest BCUT2D eigenvalue weighted by Gasteiger charge is -2.36. The van der Waals surface area contributed by atoms with E-state index in [9.17, 15) is 0 Å². The highest BCUT2D eigenvalue weighted by molar-refractivity contribution is 6.30. The molecule has 2 aliphatic heterocycles. The molecule has 0 N–H and O–H groups in total. The highest BCUT2D eigenvalue weighted by atomic mass is 35.5. The predicted octanol–water partition coefficient (Wildman–Crippen LogP) is 4.24. The second-order valence-corrected chi connectivity index (χ2v) is 6.19. The summed E-state index contributed by atoms with van der Waals surface area (Å²) in [6, 6.07) is 14.0. The van der Waals surface area contributed by atoms with E-state index in [1.54, 1.807) is 7.11 Å². The molecule has 2 aromatic rings. The molecule has 4 rings (SSSR count). The van der Waals surface area contributed by atoms with Gasteiger partial charge in [0.15, 0.2) is 17.7 Å². The van der Waals surface area contributed by atoms with Crippen molar-refractivity contribution in [1.82, 2.24) is 5.01 Å². The van der Waals surface area contributed by atoms with Crippen LogP contribution >= 0.6 is 11.6 Å². The number of hydrogen-bond donors (Lipinski definition) is 0. The van der Waals surface area contributed by atoms with Gasteiger partial charge in [-0.1, -0.05) is 35.9 Å². The molecule has 2 aliphatic rings. The van der Waals surface area contributed by atoms with E-state index in [2.05, 4.69) is 6.07 Å². The summed E-state index contributed by atoms with van der Waals surface area (Å²) in [4.78, 5) is 0. The van der Waals surface area contributed by atoms with E-state index >= 15 is 0 Å². The van der Waals surface area contributed by atoms with Gasteiger partial charge in [0, 0.05) is 17.0 Å². The first-order valence-electron chi connectivity index (χ1n) is 7.62. The zero-order valence-corrected chi connectivity index (χ0v) is 13.7. The van der Waals surface area contributed by atoms with Gasteiger partial charge in [-0.05, 0) is 30.7 Å². The molecule has 23 heavy (non-hydrogen) atoms. The number of nitrogens with zero attached hydrogens (tertiary/aromatic N) is 2. The van der Waals surface area contributed by atoms with Crippen LogP contribution in [0.25, 0.3) is 0 Å². The van der Waals surface area contributed by atoms with Gasteiger partial charge in [0.1, 0.15) is 0 Å². The van der Waals surface area contributed by atoms with Crippen molar-refractivity contribution in [2.24, 2.45) is 5.10 Å². The Morgan fingerprint density at radius 2 is 2.00 bits per heavy atom. The molecule has 0 saturated carbocycles. The van der Waals surface area contributed by atoms with Crippen molar-refractivity contribution in [3.05, 3.63) is 58.6 Å². The van der Waals surface area contributed by atoms with Crippen molar-refractivity contribution in [3.8, 4) is 11.5 Å². The highest BCUT2D eigenvalue weighted by Crippen LogP contribution is 2.46. The van der Waals surface area contributed by atoms with Gasteiger partial charge in [-0.25, -0.2) is 0 Å². The lowest BCUT2D eigenvalue weighted by molar-refractivity contribution is -0.00535. The lowest BCUT2D eigenvalue weighted by atomic mass is 9.96. The van der Waals surface area contributed by atoms with Gasteiger partial charge in [-0.15, -0.1) is 0 Å². The van der Waals surface area contributed by atoms with Crippen LogP contribution in [0.15, 0.2) is 47.6 Å². The standard InChI is InChI=1S/C18H17ClN2O2/c1-11-21-16(14-4-3-5-17(22-2)18(14)23-11)10-15(20-21)12-6-8-13(19)9-7-12/h3-9,11,16H,10H2,1-2H3/t11-,16-/m0/s1. The van der Waals surface area contributed by atoms with Crippen molar-refractivity contribution in [1.29, 1.82) is 0 Å². The predicted molar refractivity (Wildman–Crippen MR) is 90.3 cm³/mol. The fraction of sp³-hybridized carbons (Fsp3) is 0.278. The zero-order valence-electron chi connectivity index (χ0n) is 13.0. The molecule has 0 spiro atoms. The molecule has 2 aromatic carbocycles. The number of ether oxygens (including phenoxy) is 2. The molecule has 2 atom stereocenters.